The summed E-state index contributed by atoms with van der Waals surface area (Å²) < 4.78 is 0. The minimum atomic E-state index is 0.104. The van der Waals surface area contributed by atoms with E-state index in [0.717, 1.165) is 12.2 Å². The van der Waals surface area contributed by atoms with E-state index in [0.29, 0.717) is 5.75 Å². The predicted molar refractivity (Wildman–Crippen MR) is 95.0 cm³/mol. The summed E-state index contributed by atoms with van der Waals surface area (Å²) in [5.41, 5.74) is 3.69. The fraction of sp³-hybridized carbons (Fsp3) is 0.316. The van der Waals surface area contributed by atoms with Gasteiger partial charge in [0.05, 0.1) is 11.8 Å². The van der Waals surface area contributed by atoms with E-state index in [4.69, 9.17) is 0 Å². The molecule has 0 aromatic heterocycles. The lowest BCUT2D eigenvalue weighted by Gasteiger charge is -2.17. The maximum Gasteiger partial charge on any atom is 0.230 e. The van der Waals surface area contributed by atoms with E-state index < -0.39 is 0 Å². The first kappa shape index (κ1) is 16.6. The molecule has 0 saturated carbocycles. The lowest BCUT2D eigenvalue weighted by atomic mass is 10.0. The average Bonchev–Trinajstić information content (AvgIpc) is 2.55. The van der Waals surface area contributed by atoms with Gasteiger partial charge in [-0.1, -0.05) is 67.1 Å². The van der Waals surface area contributed by atoms with E-state index >= 15 is 0 Å². The Balaban J connectivity index is 1.78. The van der Waals surface area contributed by atoms with Crippen molar-refractivity contribution in [3.05, 3.63) is 71.3 Å². The minimum Gasteiger partial charge on any atom is -0.349 e. The van der Waals surface area contributed by atoms with Crippen LogP contribution < -0.4 is 5.32 Å². The monoisotopic (exact) mass is 313 g/mol. The van der Waals surface area contributed by atoms with Gasteiger partial charge in [-0.3, -0.25) is 4.79 Å². The maximum atomic E-state index is 12.1. The zero-order valence-corrected chi connectivity index (χ0v) is 14.0. The Morgan fingerprint density at radius 3 is 2.41 bits per heavy atom. The fourth-order valence-electron chi connectivity index (χ4n) is 2.29. The van der Waals surface area contributed by atoms with E-state index in [2.05, 4.69) is 55.6 Å². The highest BCUT2D eigenvalue weighted by atomic mass is 32.2. The van der Waals surface area contributed by atoms with Crippen LogP contribution in [0, 0.1) is 6.92 Å². The number of amides is 1. The number of aryl methyl sites for hydroxylation is 1. The summed E-state index contributed by atoms with van der Waals surface area (Å²) in [6, 6.07) is 18.7. The molecule has 2 rings (SSSR count). The summed E-state index contributed by atoms with van der Waals surface area (Å²) in [4.78, 5) is 12.1. The van der Waals surface area contributed by atoms with Gasteiger partial charge >= 0.3 is 0 Å². The van der Waals surface area contributed by atoms with Gasteiger partial charge in [0.2, 0.25) is 5.91 Å². The molecular formula is C19H23NOS. The van der Waals surface area contributed by atoms with Gasteiger partial charge in [0, 0.05) is 5.75 Å². The second-order valence-electron chi connectivity index (χ2n) is 5.42. The molecule has 0 bridgehead atoms. The van der Waals surface area contributed by atoms with Crippen molar-refractivity contribution in [1.82, 2.24) is 5.32 Å². The molecule has 0 radical (unpaired) electrons. The highest BCUT2D eigenvalue weighted by Crippen LogP contribution is 2.17. The number of thioether (sulfide) groups is 1. The molecule has 0 aliphatic heterocycles. The fourth-order valence-corrected chi connectivity index (χ4v) is 3.09. The highest BCUT2D eigenvalue weighted by molar-refractivity contribution is 7.99. The van der Waals surface area contributed by atoms with Crippen molar-refractivity contribution < 1.29 is 4.79 Å². The molecule has 1 N–H and O–H groups in total. The summed E-state index contributed by atoms with van der Waals surface area (Å²) in [5, 5.41) is 3.12. The molecule has 0 heterocycles. The van der Waals surface area contributed by atoms with E-state index in [1.54, 1.807) is 11.8 Å². The highest BCUT2D eigenvalue weighted by Gasteiger charge is 2.12. The molecule has 3 heteroatoms. The normalized spacial score (nSPS) is 11.9. The van der Waals surface area contributed by atoms with Crippen LogP contribution in [0.5, 0.6) is 0 Å². The second-order valence-corrected chi connectivity index (χ2v) is 6.40. The first-order valence-electron chi connectivity index (χ1n) is 7.66. The van der Waals surface area contributed by atoms with Crippen LogP contribution in [0.15, 0.2) is 54.6 Å². The zero-order valence-electron chi connectivity index (χ0n) is 13.2. The molecule has 0 fully saturated rings. The van der Waals surface area contributed by atoms with Crippen molar-refractivity contribution in [2.24, 2.45) is 0 Å². The lowest BCUT2D eigenvalue weighted by Crippen LogP contribution is -2.29. The van der Waals surface area contributed by atoms with Crippen LogP contribution in [0.1, 0.15) is 36.1 Å². The molecule has 1 unspecified atom stereocenters. The molecule has 0 saturated heterocycles. The number of rotatable bonds is 7. The van der Waals surface area contributed by atoms with Crippen LogP contribution in [0.25, 0.3) is 0 Å². The molecule has 116 valence electrons. The number of hydrogen-bond donors (Lipinski definition) is 1. The Hall–Kier alpha value is -1.74. The van der Waals surface area contributed by atoms with Gasteiger partial charge in [0.25, 0.3) is 0 Å². The van der Waals surface area contributed by atoms with Gasteiger partial charge in [-0.05, 0) is 24.5 Å². The molecule has 2 nitrogen and oxygen atoms in total. The number of benzene rings is 2. The molecule has 1 amide bonds. The Bertz CT molecular complexity index is 580. The third-order valence-corrected chi connectivity index (χ3v) is 4.57. The summed E-state index contributed by atoms with van der Waals surface area (Å²) >= 11 is 1.66. The molecule has 22 heavy (non-hydrogen) atoms. The Kier molecular flexibility index (Phi) is 6.53. The van der Waals surface area contributed by atoms with Gasteiger partial charge in [-0.25, -0.2) is 0 Å². The summed E-state index contributed by atoms with van der Waals surface area (Å²) in [7, 11) is 0. The zero-order chi connectivity index (χ0) is 15.8. The van der Waals surface area contributed by atoms with Gasteiger partial charge in [0.15, 0.2) is 0 Å². The number of carbonyl (C=O) groups excluding carboxylic acids is 1. The third kappa shape index (κ3) is 5.23. The Morgan fingerprint density at radius 2 is 1.77 bits per heavy atom. The standard InChI is InChI=1S/C19H23NOS/c1-3-18(17-7-5-4-6-8-17)20-19(21)14-22-13-16-11-9-15(2)10-12-16/h4-12,18H,3,13-14H2,1-2H3,(H,20,21). The number of carbonyl (C=O) groups is 1. The topological polar surface area (TPSA) is 29.1 Å². The van der Waals surface area contributed by atoms with Gasteiger partial charge in [0.1, 0.15) is 0 Å². The van der Waals surface area contributed by atoms with Crippen molar-refractivity contribution in [3.63, 3.8) is 0 Å². The molecule has 0 aliphatic carbocycles. The number of nitrogens with one attached hydrogen (secondary N) is 1. The molecule has 2 aromatic carbocycles. The van der Waals surface area contributed by atoms with Crippen molar-refractivity contribution in [2.45, 2.75) is 32.1 Å². The second kappa shape index (κ2) is 8.64. The first-order valence-corrected chi connectivity index (χ1v) is 8.82. The van der Waals surface area contributed by atoms with E-state index in [1.165, 1.54) is 16.7 Å². The Labute approximate surface area is 137 Å². The smallest absolute Gasteiger partial charge is 0.230 e. The van der Waals surface area contributed by atoms with Crippen LogP contribution >= 0.6 is 11.8 Å². The van der Waals surface area contributed by atoms with Crippen LogP contribution in [0.3, 0.4) is 0 Å². The van der Waals surface area contributed by atoms with Crippen molar-refractivity contribution in [2.75, 3.05) is 5.75 Å². The van der Waals surface area contributed by atoms with Gasteiger partial charge in [-0.15, -0.1) is 11.8 Å². The van der Waals surface area contributed by atoms with Crippen LogP contribution in [-0.4, -0.2) is 11.7 Å². The summed E-state index contributed by atoms with van der Waals surface area (Å²) in [5.74, 6) is 1.47. The van der Waals surface area contributed by atoms with Crippen molar-refractivity contribution in [3.8, 4) is 0 Å². The molecule has 2 aromatic rings. The quantitative estimate of drug-likeness (QED) is 0.815. The molecule has 1 atom stereocenters. The van der Waals surface area contributed by atoms with Crippen LogP contribution in [0.2, 0.25) is 0 Å². The number of hydrogen-bond acceptors (Lipinski definition) is 2. The van der Waals surface area contributed by atoms with Crippen LogP contribution in [0.4, 0.5) is 0 Å². The largest absolute Gasteiger partial charge is 0.349 e. The van der Waals surface area contributed by atoms with Crippen LogP contribution in [-0.2, 0) is 10.5 Å². The average molecular weight is 313 g/mol. The third-order valence-electron chi connectivity index (χ3n) is 3.57. The van der Waals surface area contributed by atoms with Gasteiger partial charge < -0.3 is 5.32 Å². The molecule has 0 aliphatic rings. The van der Waals surface area contributed by atoms with E-state index in [-0.39, 0.29) is 11.9 Å². The lowest BCUT2D eigenvalue weighted by molar-refractivity contribution is -0.119. The van der Waals surface area contributed by atoms with Crippen molar-refractivity contribution in [1.29, 1.82) is 0 Å². The summed E-state index contributed by atoms with van der Waals surface area (Å²) in [6.07, 6.45) is 0.901. The van der Waals surface area contributed by atoms with Gasteiger partial charge in [-0.2, -0.15) is 0 Å². The Morgan fingerprint density at radius 1 is 1.09 bits per heavy atom. The molecular weight excluding hydrogens is 290 g/mol. The maximum absolute atomic E-state index is 12.1. The molecule has 0 spiro atoms. The van der Waals surface area contributed by atoms with E-state index in [9.17, 15) is 4.79 Å². The first-order chi connectivity index (χ1) is 10.7. The van der Waals surface area contributed by atoms with Crippen molar-refractivity contribution >= 4 is 17.7 Å². The summed E-state index contributed by atoms with van der Waals surface area (Å²) in [6.45, 7) is 4.18. The predicted octanol–water partition coefficient (Wildman–Crippen LogP) is 4.50. The SMILES string of the molecule is CCC(NC(=O)CSCc1ccc(C)cc1)c1ccccc1. The minimum absolute atomic E-state index is 0.104. The van der Waals surface area contributed by atoms with E-state index in [1.807, 2.05) is 18.2 Å².